The van der Waals surface area contributed by atoms with Crippen LogP contribution in [0.3, 0.4) is 0 Å². The Balaban J connectivity index is 0.00000112. The van der Waals surface area contributed by atoms with Crippen LogP contribution in [0.5, 0.6) is 0 Å². The average Bonchev–Trinajstić information content (AvgIpc) is 2.92. The number of ether oxygens (including phenoxy) is 3. The predicted molar refractivity (Wildman–Crippen MR) is 145 cm³/mol. The standard InChI is InChI=1S/C29H32O4.C2H4O2/c1-2-3-19-27(31-21-24-13-7-4-8-14-24)29(33-23-26-17-11-6-12-18-26)28(20-30)32-22-25-15-9-5-10-16-25;1-2(3)4/h2-19,27-30H,1,20-23H2;1H3,(H,3,4)/t27-,28+,29+;/m1./s1. The highest BCUT2D eigenvalue weighted by Crippen LogP contribution is 2.19. The Morgan fingerprint density at radius 3 is 1.59 bits per heavy atom. The number of hydrogen-bond donors (Lipinski definition) is 2. The zero-order valence-corrected chi connectivity index (χ0v) is 21.2. The van der Waals surface area contributed by atoms with Gasteiger partial charge in [0.15, 0.2) is 0 Å². The second-order valence-electron chi connectivity index (χ2n) is 8.18. The van der Waals surface area contributed by atoms with E-state index in [-0.39, 0.29) is 6.61 Å². The third-order valence-electron chi connectivity index (χ3n) is 5.18. The lowest BCUT2D eigenvalue weighted by Gasteiger charge is -2.31. The fourth-order valence-corrected chi connectivity index (χ4v) is 3.42. The second kappa shape index (κ2) is 17.8. The number of aliphatic carboxylic acids is 1. The molecule has 0 radical (unpaired) electrons. The zero-order chi connectivity index (χ0) is 26.7. The quantitative estimate of drug-likeness (QED) is 0.279. The largest absolute Gasteiger partial charge is 0.481 e. The van der Waals surface area contributed by atoms with Crippen molar-refractivity contribution >= 4 is 5.97 Å². The summed E-state index contributed by atoms with van der Waals surface area (Å²) in [6.07, 6.45) is 3.88. The maximum Gasteiger partial charge on any atom is 0.300 e. The SMILES string of the molecule is C=CC=C[C@@H](OCc1ccccc1)[C@H](OCc1ccccc1)[C@H](CO)OCc1ccccc1.CC(=O)O. The van der Waals surface area contributed by atoms with Gasteiger partial charge in [-0.15, -0.1) is 0 Å². The van der Waals surface area contributed by atoms with E-state index in [1.54, 1.807) is 6.08 Å². The van der Waals surface area contributed by atoms with Gasteiger partial charge >= 0.3 is 0 Å². The first-order valence-corrected chi connectivity index (χ1v) is 12.1. The van der Waals surface area contributed by atoms with Gasteiger partial charge in [-0.2, -0.15) is 0 Å². The van der Waals surface area contributed by atoms with E-state index < -0.39 is 24.3 Å². The van der Waals surface area contributed by atoms with Crippen LogP contribution in [0, 0.1) is 0 Å². The maximum atomic E-state index is 10.2. The topological polar surface area (TPSA) is 85.2 Å². The molecule has 2 N–H and O–H groups in total. The third kappa shape index (κ3) is 12.3. The van der Waals surface area contributed by atoms with Crippen LogP contribution in [0.1, 0.15) is 23.6 Å². The Morgan fingerprint density at radius 1 is 0.784 bits per heavy atom. The summed E-state index contributed by atoms with van der Waals surface area (Å²) in [5.74, 6) is -0.833. The summed E-state index contributed by atoms with van der Waals surface area (Å²) < 4.78 is 18.7. The molecule has 0 saturated carbocycles. The molecule has 0 fully saturated rings. The molecule has 37 heavy (non-hydrogen) atoms. The van der Waals surface area contributed by atoms with Gasteiger partial charge in [0.05, 0.1) is 26.4 Å². The minimum atomic E-state index is -0.833. The summed E-state index contributed by atoms with van der Waals surface area (Å²) in [4.78, 5) is 9.00. The molecule has 0 bridgehead atoms. The van der Waals surface area contributed by atoms with Gasteiger partial charge in [0.25, 0.3) is 5.97 Å². The number of carbonyl (C=O) groups is 1. The van der Waals surface area contributed by atoms with Crippen molar-refractivity contribution in [3.63, 3.8) is 0 Å². The summed E-state index contributed by atoms with van der Waals surface area (Å²) >= 11 is 0. The highest BCUT2D eigenvalue weighted by atomic mass is 16.6. The number of benzene rings is 3. The Kier molecular flexibility index (Phi) is 14.3. The van der Waals surface area contributed by atoms with Crippen LogP contribution in [-0.2, 0) is 38.8 Å². The molecular weight excluding hydrogens is 468 g/mol. The number of hydrogen-bond acceptors (Lipinski definition) is 5. The molecule has 0 aliphatic carbocycles. The van der Waals surface area contributed by atoms with Crippen molar-refractivity contribution < 1.29 is 29.2 Å². The van der Waals surface area contributed by atoms with Crippen molar-refractivity contribution in [3.05, 3.63) is 132 Å². The first-order chi connectivity index (χ1) is 18.0. The summed E-state index contributed by atoms with van der Waals surface area (Å²) in [6, 6.07) is 29.8. The van der Waals surface area contributed by atoms with Gasteiger partial charge in [-0.25, -0.2) is 0 Å². The lowest BCUT2D eigenvalue weighted by atomic mass is 10.1. The van der Waals surface area contributed by atoms with E-state index in [0.29, 0.717) is 19.8 Å². The lowest BCUT2D eigenvalue weighted by molar-refractivity contribution is -0.149. The monoisotopic (exact) mass is 504 g/mol. The van der Waals surface area contributed by atoms with Crippen LogP contribution in [0.4, 0.5) is 0 Å². The van der Waals surface area contributed by atoms with E-state index in [9.17, 15) is 5.11 Å². The van der Waals surface area contributed by atoms with E-state index in [1.165, 1.54) is 0 Å². The van der Waals surface area contributed by atoms with Gasteiger partial charge in [-0.3, -0.25) is 4.79 Å². The molecule has 3 rings (SSSR count). The molecule has 0 heterocycles. The fourth-order valence-electron chi connectivity index (χ4n) is 3.42. The molecule has 196 valence electrons. The van der Waals surface area contributed by atoms with E-state index in [1.807, 2.05) is 103 Å². The van der Waals surface area contributed by atoms with Crippen LogP contribution in [0.15, 0.2) is 116 Å². The van der Waals surface area contributed by atoms with Crippen LogP contribution in [0.25, 0.3) is 0 Å². The normalized spacial score (nSPS) is 13.2. The minimum Gasteiger partial charge on any atom is -0.481 e. The highest BCUT2D eigenvalue weighted by molar-refractivity contribution is 5.62. The van der Waals surface area contributed by atoms with Gasteiger partial charge in [-0.1, -0.05) is 116 Å². The molecule has 3 atom stereocenters. The van der Waals surface area contributed by atoms with Gasteiger partial charge in [0.2, 0.25) is 0 Å². The van der Waals surface area contributed by atoms with Gasteiger partial charge in [0.1, 0.15) is 18.3 Å². The van der Waals surface area contributed by atoms with Crippen molar-refractivity contribution in [2.45, 2.75) is 45.1 Å². The molecule has 0 amide bonds. The Labute approximate surface area is 219 Å². The summed E-state index contributed by atoms with van der Waals surface area (Å²) in [5.41, 5.74) is 3.12. The van der Waals surface area contributed by atoms with Crippen LogP contribution >= 0.6 is 0 Å². The molecule has 0 aliphatic rings. The highest BCUT2D eigenvalue weighted by Gasteiger charge is 2.30. The van der Waals surface area contributed by atoms with Crippen molar-refractivity contribution in [3.8, 4) is 0 Å². The number of aliphatic hydroxyl groups is 1. The molecule has 0 aromatic heterocycles. The first-order valence-electron chi connectivity index (χ1n) is 12.1. The number of carboxylic acids is 1. The zero-order valence-electron chi connectivity index (χ0n) is 21.2. The Bertz CT molecular complexity index is 1030. The van der Waals surface area contributed by atoms with Crippen molar-refractivity contribution in [2.75, 3.05) is 6.61 Å². The van der Waals surface area contributed by atoms with E-state index >= 15 is 0 Å². The van der Waals surface area contributed by atoms with Gasteiger partial charge < -0.3 is 24.4 Å². The van der Waals surface area contributed by atoms with Crippen molar-refractivity contribution in [1.82, 2.24) is 0 Å². The first kappa shape index (κ1) is 29.7. The molecular formula is C31H36O6. The summed E-state index contributed by atoms with van der Waals surface area (Å²) in [7, 11) is 0. The molecule has 0 aliphatic heterocycles. The van der Waals surface area contributed by atoms with Crippen LogP contribution in [0.2, 0.25) is 0 Å². The predicted octanol–water partition coefficient (Wildman–Crippen LogP) is 5.57. The van der Waals surface area contributed by atoms with Crippen LogP contribution in [-0.4, -0.2) is 41.1 Å². The molecule has 6 heteroatoms. The van der Waals surface area contributed by atoms with Crippen molar-refractivity contribution in [1.29, 1.82) is 0 Å². The number of allylic oxidation sites excluding steroid dienone is 2. The number of aliphatic hydroxyl groups excluding tert-OH is 1. The Morgan fingerprint density at radius 2 is 1.19 bits per heavy atom. The number of carboxylic acid groups (broad SMARTS) is 1. The summed E-state index contributed by atoms with van der Waals surface area (Å²) in [5, 5.41) is 17.6. The van der Waals surface area contributed by atoms with Gasteiger partial charge in [-0.05, 0) is 16.7 Å². The van der Waals surface area contributed by atoms with Crippen LogP contribution < -0.4 is 0 Å². The second-order valence-corrected chi connectivity index (χ2v) is 8.18. The number of rotatable bonds is 14. The Hall–Kier alpha value is -3.55. The smallest absolute Gasteiger partial charge is 0.300 e. The average molecular weight is 505 g/mol. The summed E-state index contributed by atoms with van der Waals surface area (Å²) in [6.45, 7) is 5.83. The molecule has 0 unspecified atom stereocenters. The lowest BCUT2D eigenvalue weighted by Crippen LogP contribution is -2.43. The van der Waals surface area contributed by atoms with E-state index in [0.717, 1.165) is 23.6 Å². The molecule has 3 aromatic carbocycles. The molecule has 0 saturated heterocycles. The van der Waals surface area contributed by atoms with E-state index in [4.69, 9.17) is 24.1 Å². The minimum absolute atomic E-state index is 0.195. The molecule has 0 spiro atoms. The molecule has 3 aromatic rings. The van der Waals surface area contributed by atoms with E-state index in [2.05, 4.69) is 6.58 Å². The molecule has 6 nitrogen and oxygen atoms in total. The maximum absolute atomic E-state index is 10.2. The fraction of sp³-hybridized carbons (Fsp3) is 0.258. The van der Waals surface area contributed by atoms with Crippen molar-refractivity contribution in [2.24, 2.45) is 0 Å². The third-order valence-corrected chi connectivity index (χ3v) is 5.18. The van der Waals surface area contributed by atoms with Gasteiger partial charge in [0, 0.05) is 6.92 Å².